The fourth-order valence-corrected chi connectivity index (χ4v) is 4.27. The summed E-state index contributed by atoms with van der Waals surface area (Å²) < 4.78 is 31.0. The maximum atomic E-state index is 12.5. The first-order valence-corrected chi connectivity index (χ1v) is 11.6. The van der Waals surface area contributed by atoms with E-state index in [0.29, 0.717) is 11.7 Å². The highest BCUT2D eigenvalue weighted by Gasteiger charge is 2.23. The third-order valence-corrected chi connectivity index (χ3v) is 6.75. The molecule has 0 atom stereocenters. The predicted octanol–water partition coefficient (Wildman–Crippen LogP) is 1.51. The van der Waals surface area contributed by atoms with Crippen molar-refractivity contribution in [2.24, 2.45) is 0 Å². The molecule has 0 spiro atoms. The monoisotopic (exact) mass is 463 g/mol. The quantitative estimate of drug-likeness (QED) is 0.484. The Labute approximate surface area is 183 Å². The van der Waals surface area contributed by atoms with Crippen molar-refractivity contribution in [3.05, 3.63) is 52.5 Å². The van der Waals surface area contributed by atoms with Crippen molar-refractivity contribution in [1.82, 2.24) is 25.3 Å². The molecule has 3 rings (SSSR count). The molecule has 0 radical (unpaired) electrons. The van der Waals surface area contributed by atoms with Gasteiger partial charge < -0.3 is 4.52 Å². The lowest BCUT2D eigenvalue weighted by Gasteiger charge is -2.17. The van der Waals surface area contributed by atoms with Gasteiger partial charge in [-0.05, 0) is 30.5 Å². The molecule has 0 unspecified atom stereocenters. The van der Waals surface area contributed by atoms with Gasteiger partial charge in [-0.2, -0.15) is 20.6 Å². The number of nitrogens with one attached hydrogen (secondary N) is 2. The van der Waals surface area contributed by atoms with E-state index in [1.54, 1.807) is 12.1 Å². The number of thiophene rings is 1. The van der Waals surface area contributed by atoms with Crippen LogP contribution < -0.4 is 10.9 Å². The number of amides is 2. The second-order valence-corrected chi connectivity index (χ2v) is 9.52. The minimum absolute atomic E-state index is 0.00303. The SMILES string of the molecule is Cc1ccc(S(=O)(=O)N(C)CC(=O)NNC(=O)CCc2nc(-c3ccsc3)no2)cc1. The molecule has 0 bridgehead atoms. The van der Waals surface area contributed by atoms with Gasteiger partial charge in [-0.15, -0.1) is 0 Å². The first-order chi connectivity index (χ1) is 14.8. The van der Waals surface area contributed by atoms with Crippen molar-refractivity contribution >= 4 is 33.2 Å². The van der Waals surface area contributed by atoms with E-state index in [2.05, 4.69) is 21.0 Å². The molecule has 0 fully saturated rings. The van der Waals surface area contributed by atoms with Gasteiger partial charge in [0.2, 0.25) is 27.6 Å². The van der Waals surface area contributed by atoms with Gasteiger partial charge in [-0.25, -0.2) is 8.42 Å². The van der Waals surface area contributed by atoms with Crippen molar-refractivity contribution < 1.29 is 22.5 Å². The van der Waals surface area contributed by atoms with Crippen LogP contribution >= 0.6 is 11.3 Å². The third-order valence-electron chi connectivity index (χ3n) is 4.25. The van der Waals surface area contributed by atoms with Crippen LogP contribution in [0.5, 0.6) is 0 Å². The molecular weight excluding hydrogens is 442 g/mol. The summed E-state index contributed by atoms with van der Waals surface area (Å²) in [6, 6.07) is 8.16. The molecule has 1 aromatic carbocycles. The van der Waals surface area contributed by atoms with Crippen LogP contribution in [0.2, 0.25) is 0 Å². The molecule has 2 aromatic heterocycles. The summed E-state index contributed by atoms with van der Waals surface area (Å²) >= 11 is 1.51. The van der Waals surface area contributed by atoms with Gasteiger partial charge >= 0.3 is 0 Å². The Morgan fingerprint density at radius 3 is 2.52 bits per heavy atom. The Hall–Kier alpha value is -3.09. The fourth-order valence-electron chi connectivity index (χ4n) is 2.50. The van der Waals surface area contributed by atoms with Crippen molar-refractivity contribution in [2.45, 2.75) is 24.7 Å². The number of sulfonamides is 1. The van der Waals surface area contributed by atoms with E-state index in [4.69, 9.17) is 4.52 Å². The molecule has 0 aliphatic rings. The normalized spacial score (nSPS) is 11.5. The smallest absolute Gasteiger partial charge is 0.253 e. The Kier molecular flexibility index (Phi) is 7.15. The van der Waals surface area contributed by atoms with E-state index < -0.39 is 28.4 Å². The summed E-state index contributed by atoms with van der Waals surface area (Å²) in [5.41, 5.74) is 6.20. The zero-order valence-electron chi connectivity index (χ0n) is 16.9. The molecule has 0 saturated carbocycles. The van der Waals surface area contributed by atoms with Crippen LogP contribution in [0.3, 0.4) is 0 Å². The van der Waals surface area contributed by atoms with Crippen LogP contribution in [0.1, 0.15) is 17.9 Å². The number of aromatic nitrogens is 2. The van der Waals surface area contributed by atoms with Gasteiger partial charge in [0, 0.05) is 30.8 Å². The van der Waals surface area contributed by atoms with E-state index in [1.165, 1.54) is 30.5 Å². The molecule has 164 valence electrons. The number of hydrazine groups is 1. The van der Waals surface area contributed by atoms with Gasteiger partial charge in [0.25, 0.3) is 5.91 Å². The minimum Gasteiger partial charge on any atom is -0.339 e. The summed E-state index contributed by atoms with van der Waals surface area (Å²) in [7, 11) is -2.53. The second-order valence-electron chi connectivity index (χ2n) is 6.69. The van der Waals surface area contributed by atoms with Crippen LogP contribution in [0.15, 0.2) is 50.5 Å². The molecule has 0 aliphatic carbocycles. The largest absolute Gasteiger partial charge is 0.339 e. The van der Waals surface area contributed by atoms with Crippen LogP contribution in [0.4, 0.5) is 0 Å². The predicted molar refractivity (Wildman–Crippen MR) is 113 cm³/mol. The van der Waals surface area contributed by atoms with Crippen LogP contribution in [-0.2, 0) is 26.0 Å². The number of rotatable bonds is 8. The number of likely N-dealkylation sites (N-methyl/N-ethyl adjacent to an activating group) is 1. The number of nitrogens with zero attached hydrogens (tertiary/aromatic N) is 3. The standard InChI is InChI=1S/C19H21N5O5S2/c1-13-3-5-15(6-4-13)31(27,28)24(2)11-17(26)22-21-16(25)7-8-18-20-19(23-29-18)14-9-10-30-12-14/h3-6,9-10,12H,7-8,11H2,1-2H3,(H,21,25)(H,22,26). The zero-order valence-corrected chi connectivity index (χ0v) is 18.5. The Bertz CT molecular complexity index is 1140. The molecular formula is C19H21N5O5S2. The van der Waals surface area contributed by atoms with Gasteiger partial charge in [-0.3, -0.25) is 20.4 Å². The molecule has 0 saturated heterocycles. The number of carbonyl (C=O) groups excluding carboxylic acids is 2. The van der Waals surface area contributed by atoms with Crippen LogP contribution in [0, 0.1) is 6.92 Å². The van der Waals surface area contributed by atoms with E-state index in [-0.39, 0.29) is 17.7 Å². The van der Waals surface area contributed by atoms with E-state index in [9.17, 15) is 18.0 Å². The van der Waals surface area contributed by atoms with E-state index in [0.717, 1.165) is 15.4 Å². The van der Waals surface area contributed by atoms with Gasteiger partial charge in [0.15, 0.2) is 0 Å². The highest BCUT2D eigenvalue weighted by Crippen LogP contribution is 2.19. The maximum Gasteiger partial charge on any atom is 0.253 e. The molecule has 12 heteroatoms. The first-order valence-electron chi connectivity index (χ1n) is 9.21. The summed E-state index contributed by atoms with van der Waals surface area (Å²) in [4.78, 5) is 28.3. The lowest BCUT2D eigenvalue weighted by Crippen LogP contribution is -2.46. The van der Waals surface area contributed by atoms with E-state index >= 15 is 0 Å². The molecule has 2 N–H and O–H groups in total. The maximum absolute atomic E-state index is 12.5. The number of aryl methyl sites for hydroxylation is 2. The van der Waals surface area contributed by atoms with Crippen LogP contribution in [-0.4, -0.2) is 48.3 Å². The van der Waals surface area contributed by atoms with Gasteiger partial charge in [-0.1, -0.05) is 22.9 Å². The lowest BCUT2D eigenvalue weighted by atomic mass is 10.2. The average molecular weight is 464 g/mol. The molecule has 31 heavy (non-hydrogen) atoms. The lowest BCUT2D eigenvalue weighted by molar-refractivity contribution is -0.128. The van der Waals surface area contributed by atoms with Gasteiger partial charge in [0.05, 0.1) is 11.4 Å². The number of carbonyl (C=O) groups is 2. The Morgan fingerprint density at radius 1 is 1.13 bits per heavy atom. The summed E-state index contributed by atoms with van der Waals surface area (Å²) in [5, 5.41) is 7.63. The Morgan fingerprint density at radius 2 is 1.84 bits per heavy atom. The highest BCUT2D eigenvalue weighted by molar-refractivity contribution is 7.89. The molecule has 2 amide bonds. The number of benzene rings is 1. The third kappa shape index (κ3) is 5.96. The highest BCUT2D eigenvalue weighted by atomic mass is 32.2. The van der Waals surface area contributed by atoms with Gasteiger partial charge in [0.1, 0.15) is 0 Å². The summed E-state index contributed by atoms with van der Waals surface area (Å²) in [6.45, 7) is 1.39. The molecule has 0 aliphatic heterocycles. The summed E-state index contributed by atoms with van der Waals surface area (Å²) in [5.74, 6) is -0.411. The summed E-state index contributed by atoms with van der Waals surface area (Å²) in [6.07, 6.45) is 0.198. The average Bonchev–Trinajstić information content (AvgIpc) is 3.42. The van der Waals surface area contributed by atoms with Crippen LogP contribution in [0.25, 0.3) is 11.4 Å². The van der Waals surface area contributed by atoms with Crippen molar-refractivity contribution in [3.8, 4) is 11.4 Å². The van der Waals surface area contributed by atoms with Crippen molar-refractivity contribution in [3.63, 3.8) is 0 Å². The number of hydrogen-bond donors (Lipinski definition) is 2. The second kappa shape index (κ2) is 9.81. The fraction of sp³-hybridized carbons (Fsp3) is 0.263. The first kappa shape index (κ1) is 22.6. The molecule has 3 aromatic rings. The Balaban J connectivity index is 1.43. The van der Waals surface area contributed by atoms with Crippen molar-refractivity contribution in [1.29, 1.82) is 0 Å². The topological polar surface area (TPSA) is 134 Å². The minimum atomic E-state index is -3.82. The number of hydrogen-bond acceptors (Lipinski definition) is 8. The van der Waals surface area contributed by atoms with E-state index in [1.807, 2.05) is 23.8 Å². The molecule has 2 heterocycles. The zero-order chi connectivity index (χ0) is 22.4. The molecule has 10 nitrogen and oxygen atoms in total. The van der Waals surface area contributed by atoms with Crippen molar-refractivity contribution in [2.75, 3.05) is 13.6 Å².